The van der Waals surface area contributed by atoms with Gasteiger partial charge in [-0.05, 0) is 37.6 Å². The third kappa shape index (κ3) is 4.71. The fraction of sp³-hybridized carbons (Fsp3) is 0.429. The summed E-state index contributed by atoms with van der Waals surface area (Å²) in [6.07, 6.45) is 0.756. The molecule has 0 atom stereocenters. The summed E-state index contributed by atoms with van der Waals surface area (Å²) < 4.78 is 15.9. The van der Waals surface area contributed by atoms with Crippen LogP contribution in [0.1, 0.15) is 45.0 Å². The summed E-state index contributed by atoms with van der Waals surface area (Å²) >= 11 is 1.44. The Morgan fingerprint density at radius 3 is 2.60 bits per heavy atom. The second kappa shape index (κ2) is 10.7. The molecule has 30 heavy (non-hydrogen) atoms. The third-order valence-corrected chi connectivity index (χ3v) is 6.07. The predicted octanol–water partition coefficient (Wildman–Crippen LogP) is 3.99. The van der Waals surface area contributed by atoms with Gasteiger partial charge in [0.2, 0.25) is 0 Å². The average Bonchev–Trinajstić information content (AvgIpc) is 3.09. The highest BCUT2D eigenvalue weighted by molar-refractivity contribution is 7.17. The summed E-state index contributed by atoms with van der Waals surface area (Å²) in [6, 6.07) is 5.11. The van der Waals surface area contributed by atoms with E-state index in [1.807, 2.05) is 0 Å². The van der Waals surface area contributed by atoms with E-state index in [9.17, 15) is 9.59 Å². The van der Waals surface area contributed by atoms with Crippen molar-refractivity contribution < 1.29 is 23.8 Å². The van der Waals surface area contributed by atoms with Crippen molar-refractivity contribution in [1.82, 2.24) is 4.90 Å². The number of anilines is 1. The van der Waals surface area contributed by atoms with Gasteiger partial charge in [0, 0.05) is 18.0 Å². The molecule has 1 amide bonds. The number of halogens is 1. The number of hydrogen-bond acceptors (Lipinski definition) is 7. The molecule has 0 saturated carbocycles. The Labute approximate surface area is 186 Å². The number of carbonyl (C=O) groups excluding carboxylic acids is 2. The zero-order chi connectivity index (χ0) is 21.0. The molecule has 0 saturated heterocycles. The molecule has 1 aliphatic rings. The van der Waals surface area contributed by atoms with Gasteiger partial charge in [-0.1, -0.05) is 13.0 Å². The van der Waals surface area contributed by atoms with Gasteiger partial charge in [0.25, 0.3) is 5.91 Å². The van der Waals surface area contributed by atoms with Gasteiger partial charge in [0.05, 0.1) is 32.0 Å². The first-order chi connectivity index (χ1) is 14.0. The standard InChI is InChI=1S/C21H26N2O5S.ClH/c1-5-23-11-10-13-16(12-23)29-20(17(13)21(25)28-6-2)22-19(24)14-8-7-9-15(26-3)18(14)27-4;/h7-9H,5-6,10-12H2,1-4H3,(H,22,24);1H. The van der Waals surface area contributed by atoms with Gasteiger partial charge in [-0.3, -0.25) is 9.69 Å². The molecule has 0 unspecified atom stereocenters. The van der Waals surface area contributed by atoms with Gasteiger partial charge < -0.3 is 19.5 Å². The van der Waals surface area contributed by atoms with Crippen molar-refractivity contribution in [3.8, 4) is 11.5 Å². The van der Waals surface area contributed by atoms with Gasteiger partial charge in [-0.2, -0.15) is 0 Å². The van der Waals surface area contributed by atoms with Gasteiger partial charge in [0.15, 0.2) is 11.5 Å². The van der Waals surface area contributed by atoms with Crippen molar-refractivity contribution in [3.63, 3.8) is 0 Å². The zero-order valence-corrected chi connectivity index (χ0v) is 19.2. The van der Waals surface area contributed by atoms with Crippen LogP contribution in [-0.2, 0) is 17.7 Å². The largest absolute Gasteiger partial charge is 0.493 e. The molecule has 0 fully saturated rings. The van der Waals surface area contributed by atoms with Gasteiger partial charge in [-0.25, -0.2) is 4.79 Å². The molecule has 9 heteroatoms. The van der Waals surface area contributed by atoms with Crippen LogP contribution in [0.2, 0.25) is 0 Å². The first-order valence-corrected chi connectivity index (χ1v) is 10.4. The quantitative estimate of drug-likeness (QED) is 0.637. The van der Waals surface area contributed by atoms with E-state index in [4.69, 9.17) is 14.2 Å². The lowest BCUT2D eigenvalue weighted by atomic mass is 10.0. The molecule has 7 nitrogen and oxygen atoms in total. The summed E-state index contributed by atoms with van der Waals surface area (Å²) in [4.78, 5) is 29.1. The molecule has 1 aromatic heterocycles. The van der Waals surface area contributed by atoms with Crippen molar-refractivity contribution in [3.05, 3.63) is 39.8 Å². The minimum absolute atomic E-state index is 0. The van der Waals surface area contributed by atoms with E-state index in [1.165, 1.54) is 25.6 Å². The van der Waals surface area contributed by atoms with Crippen molar-refractivity contribution >= 4 is 40.6 Å². The number of carbonyl (C=O) groups is 2. The van der Waals surface area contributed by atoms with Crippen LogP contribution in [-0.4, -0.2) is 50.7 Å². The summed E-state index contributed by atoms with van der Waals surface area (Å²) in [7, 11) is 3.01. The maximum Gasteiger partial charge on any atom is 0.341 e. The molecule has 2 aromatic rings. The highest BCUT2D eigenvalue weighted by Crippen LogP contribution is 2.39. The SMILES string of the molecule is CCOC(=O)c1c(NC(=O)c2cccc(OC)c2OC)sc2c1CCN(CC)C2.Cl. The number of rotatable bonds is 7. The summed E-state index contributed by atoms with van der Waals surface area (Å²) in [5.74, 6) is 0.0542. The Bertz CT molecular complexity index is 915. The summed E-state index contributed by atoms with van der Waals surface area (Å²) in [5, 5.41) is 3.42. The van der Waals surface area contributed by atoms with Crippen LogP contribution >= 0.6 is 23.7 Å². The molecule has 0 spiro atoms. The summed E-state index contributed by atoms with van der Waals surface area (Å²) in [5.41, 5.74) is 1.78. The number of esters is 1. The highest BCUT2D eigenvalue weighted by Gasteiger charge is 2.30. The molecule has 2 heterocycles. The molecular formula is C21H27ClN2O5S. The van der Waals surface area contributed by atoms with Crippen LogP contribution in [0.25, 0.3) is 0 Å². The lowest BCUT2D eigenvalue weighted by molar-refractivity contribution is 0.0526. The number of thiophene rings is 1. The number of likely N-dealkylation sites (N-methyl/N-ethyl adjacent to an activating group) is 1. The van der Waals surface area contributed by atoms with E-state index < -0.39 is 5.97 Å². The second-order valence-corrected chi connectivity index (χ2v) is 7.65. The van der Waals surface area contributed by atoms with E-state index in [2.05, 4.69) is 17.1 Å². The maximum atomic E-state index is 13.0. The molecule has 0 bridgehead atoms. The number of methoxy groups -OCH3 is 2. The fourth-order valence-electron chi connectivity index (χ4n) is 3.47. The van der Waals surface area contributed by atoms with E-state index in [-0.39, 0.29) is 24.9 Å². The molecule has 1 aliphatic heterocycles. The number of ether oxygens (including phenoxy) is 3. The van der Waals surface area contributed by atoms with Crippen molar-refractivity contribution in [2.24, 2.45) is 0 Å². The molecule has 0 radical (unpaired) electrons. The van der Waals surface area contributed by atoms with Crippen LogP contribution in [0.3, 0.4) is 0 Å². The maximum absolute atomic E-state index is 13.0. The number of fused-ring (bicyclic) bond motifs is 1. The Morgan fingerprint density at radius 1 is 1.20 bits per heavy atom. The van der Waals surface area contributed by atoms with Crippen LogP contribution in [0.15, 0.2) is 18.2 Å². The number of hydrogen-bond donors (Lipinski definition) is 1. The zero-order valence-electron chi connectivity index (χ0n) is 17.6. The normalized spacial score (nSPS) is 13.1. The minimum atomic E-state index is -0.400. The minimum Gasteiger partial charge on any atom is -0.493 e. The Morgan fingerprint density at radius 2 is 1.97 bits per heavy atom. The topological polar surface area (TPSA) is 77.1 Å². The van der Waals surface area contributed by atoms with Crippen LogP contribution < -0.4 is 14.8 Å². The van der Waals surface area contributed by atoms with E-state index in [0.717, 1.165) is 36.5 Å². The first kappa shape index (κ1) is 24.0. The lowest BCUT2D eigenvalue weighted by Gasteiger charge is -2.25. The van der Waals surface area contributed by atoms with E-state index >= 15 is 0 Å². The van der Waals surface area contributed by atoms with Crippen LogP contribution in [0, 0.1) is 0 Å². The number of benzene rings is 1. The van der Waals surface area contributed by atoms with Crippen LogP contribution in [0.5, 0.6) is 11.5 Å². The molecule has 3 rings (SSSR count). The fourth-order valence-corrected chi connectivity index (χ4v) is 4.74. The number of amides is 1. The average molecular weight is 455 g/mol. The monoisotopic (exact) mass is 454 g/mol. The highest BCUT2D eigenvalue weighted by atomic mass is 35.5. The van der Waals surface area contributed by atoms with Crippen molar-refractivity contribution in [2.75, 3.05) is 39.2 Å². The molecule has 0 aliphatic carbocycles. The van der Waals surface area contributed by atoms with Crippen molar-refractivity contribution in [2.45, 2.75) is 26.8 Å². The van der Waals surface area contributed by atoms with Crippen molar-refractivity contribution in [1.29, 1.82) is 0 Å². The number of nitrogens with one attached hydrogen (secondary N) is 1. The summed E-state index contributed by atoms with van der Waals surface area (Å²) in [6.45, 7) is 6.75. The van der Waals surface area contributed by atoms with Gasteiger partial charge in [-0.15, -0.1) is 23.7 Å². The smallest absolute Gasteiger partial charge is 0.341 e. The van der Waals surface area contributed by atoms with E-state index in [1.54, 1.807) is 25.1 Å². The Kier molecular flexibility index (Phi) is 8.52. The molecule has 164 valence electrons. The molecular weight excluding hydrogens is 428 g/mol. The lowest BCUT2D eigenvalue weighted by Crippen LogP contribution is -2.30. The first-order valence-electron chi connectivity index (χ1n) is 9.60. The van der Waals surface area contributed by atoms with E-state index in [0.29, 0.717) is 27.6 Å². The molecule has 1 aromatic carbocycles. The second-order valence-electron chi connectivity index (χ2n) is 6.54. The van der Waals surface area contributed by atoms with Crippen LogP contribution in [0.4, 0.5) is 5.00 Å². The number of para-hydroxylation sites is 1. The molecule has 1 N–H and O–H groups in total. The number of nitrogens with zero attached hydrogens (tertiary/aromatic N) is 1. The van der Waals surface area contributed by atoms with Gasteiger partial charge >= 0.3 is 5.97 Å². The Balaban J connectivity index is 0.00000320. The third-order valence-electron chi connectivity index (χ3n) is 4.94. The van der Waals surface area contributed by atoms with Gasteiger partial charge in [0.1, 0.15) is 5.00 Å². The Hall–Kier alpha value is -2.29. The predicted molar refractivity (Wildman–Crippen MR) is 120 cm³/mol.